The summed E-state index contributed by atoms with van der Waals surface area (Å²) in [5.41, 5.74) is 3.78. The summed E-state index contributed by atoms with van der Waals surface area (Å²) in [6, 6.07) is 10.5. The Kier molecular flexibility index (Phi) is 5.99. The van der Waals surface area contributed by atoms with Crippen LogP contribution in [0.15, 0.2) is 41.3 Å². The number of nitrogens with zero attached hydrogens (tertiary/aromatic N) is 1. The number of carboxylic acids is 1. The quantitative estimate of drug-likeness (QED) is 0.534. The van der Waals surface area contributed by atoms with E-state index in [9.17, 15) is 9.59 Å². The molecule has 0 spiro atoms. The number of aromatic nitrogens is 1. The molecule has 31 heavy (non-hydrogen) atoms. The first kappa shape index (κ1) is 21.0. The highest BCUT2D eigenvalue weighted by Crippen LogP contribution is 2.37. The van der Waals surface area contributed by atoms with Crippen LogP contribution in [0.5, 0.6) is 11.5 Å². The zero-order chi connectivity index (χ0) is 22.0. The van der Waals surface area contributed by atoms with E-state index < -0.39 is 5.97 Å². The number of rotatable bonds is 7. The van der Waals surface area contributed by atoms with Crippen LogP contribution in [0.4, 0.5) is 5.69 Å². The first-order valence-corrected chi connectivity index (χ1v) is 10.8. The molecule has 2 aromatic carbocycles. The number of carbonyl (C=O) groups is 2. The van der Waals surface area contributed by atoms with Crippen LogP contribution < -0.4 is 14.8 Å². The molecular weight excluding hydrogens is 416 g/mol. The smallest absolute Gasteiger partial charge is 0.313 e. The van der Waals surface area contributed by atoms with E-state index in [1.807, 2.05) is 6.07 Å². The molecule has 0 unspecified atom stereocenters. The second-order valence-corrected chi connectivity index (χ2v) is 8.14. The molecule has 0 radical (unpaired) electrons. The van der Waals surface area contributed by atoms with Gasteiger partial charge in [-0.15, -0.1) is 11.8 Å². The summed E-state index contributed by atoms with van der Waals surface area (Å²) in [5, 5.41) is 12.9. The molecule has 0 fully saturated rings. The van der Waals surface area contributed by atoms with Gasteiger partial charge in [-0.25, -0.2) is 0 Å². The molecule has 7 nitrogen and oxygen atoms in total. The number of methoxy groups -OCH3 is 2. The number of hydrogen-bond acceptors (Lipinski definition) is 6. The lowest BCUT2D eigenvalue weighted by molar-refractivity contribution is -0.133. The van der Waals surface area contributed by atoms with Gasteiger partial charge >= 0.3 is 5.97 Å². The van der Waals surface area contributed by atoms with Gasteiger partial charge in [-0.05, 0) is 49.1 Å². The second-order valence-electron chi connectivity index (χ2n) is 7.15. The standard InChI is InChI=1S/C23H22N2O5S/c1-29-14-7-9-20(30-2)19(11-14)25-23(28)13-6-8-16-18(10-13)24-17-5-3-4-15(17)22(16)31-12-21(26)27/h6-11H,3-5,12H2,1-2H3,(H,25,28)(H,26,27). The number of pyridine rings is 1. The molecule has 0 saturated carbocycles. The zero-order valence-corrected chi connectivity index (χ0v) is 18.0. The van der Waals surface area contributed by atoms with E-state index in [4.69, 9.17) is 19.6 Å². The van der Waals surface area contributed by atoms with Crippen molar-refractivity contribution in [3.05, 3.63) is 53.2 Å². The molecule has 0 atom stereocenters. The van der Waals surface area contributed by atoms with Gasteiger partial charge in [0.05, 0.1) is 31.2 Å². The number of anilines is 1. The molecule has 1 heterocycles. The first-order chi connectivity index (χ1) is 15.0. The number of thioether (sulfide) groups is 1. The predicted molar refractivity (Wildman–Crippen MR) is 120 cm³/mol. The Labute approximate surface area is 183 Å². The molecule has 0 bridgehead atoms. The van der Waals surface area contributed by atoms with Crippen LogP contribution in [-0.2, 0) is 17.6 Å². The Morgan fingerprint density at radius 2 is 1.97 bits per heavy atom. The third kappa shape index (κ3) is 4.29. The number of carbonyl (C=O) groups excluding carboxylic acids is 1. The minimum absolute atomic E-state index is 0.0105. The second kappa shape index (κ2) is 8.85. The summed E-state index contributed by atoms with van der Waals surface area (Å²) < 4.78 is 10.6. The molecule has 8 heteroatoms. The van der Waals surface area contributed by atoms with Gasteiger partial charge in [-0.3, -0.25) is 14.6 Å². The number of benzene rings is 2. The van der Waals surface area contributed by atoms with Crippen molar-refractivity contribution in [2.75, 3.05) is 25.3 Å². The molecule has 1 aliphatic rings. The summed E-state index contributed by atoms with van der Waals surface area (Å²) in [6.07, 6.45) is 2.77. The topological polar surface area (TPSA) is 97.8 Å². The number of fused-ring (bicyclic) bond motifs is 2. The lowest BCUT2D eigenvalue weighted by Gasteiger charge is -2.14. The molecule has 0 saturated heterocycles. The van der Waals surface area contributed by atoms with Crippen molar-refractivity contribution < 1.29 is 24.2 Å². The molecular formula is C23H22N2O5S. The highest BCUT2D eigenvalue weighted by Gasteiger charge is 2.21. The maximum Gasteiger partial charge on any atom is 0.313 e. The third-order valence-corrected chi connectivity index (χ3v) is 6.36. The Morgan fingerprint density at radius 3 is 2.71 bits per heavy atom. The van der Waals surface area contributed by atoms with Gasteiger partial charge in [0.1, 0.15) is 11.5 Å². The van der Waals surface area contributed by atoms with Crippen LogP contribution in [0.1, 0.15) is 28.0 Å². The van der Waals surface area contributed by atoms with E-state index in [-0.39, 0.29) is 11.7 Å². The Morgan fingerprint density at radius 1 is 1.13 bits per heavy atom. The Bertz CT molecular complexity index is 1180. The minimum atomic E-state index is -0.857. The molecule has 2 N–H and O–H groups in total. The first-order valence-electron chi connectivity index (χ1n) is 9.83. The minimum Gasteiger partial charge on any atom is -0.497 e. The number of aliphatic carboxylic acids is 1. The van der Waals surface area contributed by atoms with Gasteiger partial charge in [0.2, 0.25) is 0 Å². The van der Waals surface area contributed by atoms with E-state index in [0.717, 1.165) is 40.8 Å². The van der Waals surface area contributed by atoms with Gasteiger partial charge in [-0.2, -0.15) is 0 Å². The molecule has 1 aromatic heterocycles. The molecule has 3 aromatic rings. The predicted octanol–water partition coefficient (Wildman–Crippen LogP) is 4.17. The fraction of sp³-hybridized carbons (Fsp3) is 0.261. The Hall–Kier alpha value is -3.26. The van der Waals surface area contributed by atoms with Gasteiger partial charge in [0.15, 0.2) is 0 Å². The van der Waals surface area contributed by atoms with Gasteiger partial charge < -0.3 is 19.9 Å². The molecule has 160 valence electrons. The SMILES string of the molecule is COc1ccc(OC)c(NC(=O)c2ccc3c(SCC(=O)O)c4c(nc3c2)CCC4)c1. The average molecular weight is 439 g/mol. The van der Waals surface area contributed by atoms with Crippen LogP contribution in [0.3, 0.4) is 0 Å². The summed E-state index contributed by atoms with van der Waals surface area (Å²) in [6.45, 7) is 0. The lowest BCUT2D eigenvalue weighted by Crippen LogP contribution is -2.13. The summed E-state index contributed by atoms with van der Waals surface area (Å²) in [5.74, 6) is -0.0331. The summed E-state index contributed by atoms with van der Waals surface area (Å²) in [4.78, 5) is 29.8. The third-order valence-electron chi connectivity index (χ3n) is 5.22. The van der Waals surface area contributed by atoms with Gasteiger partial charge in [0.25, 0.3) is 5.91 Å². The van der Waals surface area contributed by atoms with Crippen molar-refractivity contribution in [3.8, 4) is 11.5 Å². The molecule has 1 aliphatic carbocycles. The monoisotopic (exact) mass is 438 g/mol. The number of carboxylic acid groups (broad SMARTS) is 1. The van der Waals surface area contributed by atoms with Crippen molar-refractivity contribution in [3.63, 3.8) is 0 Å². The number of hydrogen-bond donors (Lipinski definition) is 2. The van der Waals surface area contributed by atoms with E-state index in [1.54, 1.807) is 37.4 Å². The van der Waals surface area contributed by atoms with E-state index in [0.29, 0.717) is 28.3 Å². The Balaban J connectivity index is 1.69. The average Bonchev–Trinajstić information content (AvgIpc) is 3.24. The van der Waals surface area contributed by atoms with Crippen molar-refractivity contribution in [1.82, 2.24) is 4.98 Å². The normalized spacial score (nSPS) is 12.5. The van der Waals surface area contributed by atoms with Crippen molar-refractivity contribution in [2.45, 2.75) is 24.2 Å². The largest absolute Gasteiger partial charge is 0.497 e. The van der Waals surface area contributed by atoms with Crippen molar-refractivity contribution >= 4 is 40.2 Å². The van der Waals surface area contributed by atoms with E-state index >= 15 is 0 Å². The number of nitrogens with one attached hydrogen (secondary N) is 1. The van der Waals surface area contributed by atoms with Crippen LogP contribution >= 0.6 is 11.8 Å². The van der Waals surface area contributed by atoms with Crippen molar-refractivity contribution in [1.29, 1.82) is 0 Å². The summed E-state index contributed by atoms with van der Waals surface area (Å²) in [7, 11) is 3.09. The number of ether oxygens (including phenoxy) is 2. The maximum atomic E-state index is 12.9. The van der Waals surface area contributed by atoms with Crippen LogP contribution in [0, 0.1) is 0 Å². The van der Waals surface area contributed by atoms with Crippen LogP contribution in [-0.4, -0.2) is 41.9 Å². The molecule has 0 aliphatic heterocycles. The van der Waals surface area contributed by atoms with Gasteiger partial charge in [-0.1, -0.05) is 6.07 Å². The molecule has 1 amide bonds. The lowest BCUT2D eigenvalue weighted by atomic mass is 10.1. The zero-order valence-electron chi connectivity index (χ0n) is 17.2. The van der Waals surface area contributed by atoms with Crippen molar-refractivity contribution in [2.24, 2.45) is 0 Å². The summed E-state index contributed by atoms with van der Waals surface area (Å²) >= 11 is 1.32. The number of aryl methyl sites for hydroxylation is 1. The van der Waals surface area contributed by atoms with Gasteiger partial charge in [0, 0.05) is 27.6 Å². The molecule has 4 rings (SSSR count). The fourth-order valence-electron chi connectivity index (χ4n) is 3.77. The van der Waals surface area contributed by atoms with E-state index in [2.05, 4.69) is 5.32 Å². The van der Waals surface area contributed by atoms with Crippen LogP contribution in [0.25, 0.3) is 10.9 Å². The van der Waals surface area contributed by atoms with E-state index in [1.165, 1.54) is 18.9 Å². The van der Waals surface area contributed by atoms with Crippen LogP contribution in [0.2, 0.25) is 0 Å². The highest BCUT2D eigenvalue weighted by atomic mass is 32.2. The fourth-order valence-corrected chi connectivity index (χ4v) is 4.76. The maximum absolute atomic E-state index is 12.9. The number of amides is 1. The highest BCUT2D eigenvalue weighted by molar-refractivity contribution is 8.00.